The lowest BCUT2D eigenvalue weighted by Crippen LogP contribution is -2.62. The van der Waals surface area contributed by atoms with E-state index in [0.29, 0.717) is 0 Å². The normalized spacial score (nSPS) is 25.3. The topological polar surface area (TPSA) is 68.2 Å². The van der Waals surface area contributed by atoms with E-state index in [2.05, 4.69) is 0 Å². The fourth-order valence-corrected chi connectivity index (χ4v) is 4.45. The summed E-state index contributed by atoms with van der Waals surface area (Å²) in [6.45, 7) is 0.427. The molecule has 2 aliphatic heterocycles. The molecule has 2 bridgehead atoms. The van der Waals surface area contributed by atoms with Crippen LogP contribution in [0, 0.1) is 0 Å². The van der Waals surface area contributed by atoms with E-state index < -0.39 is 35.5 Å². The first-order valence-corrected chi connectivity index (χ1v) is 10.3. The number of methoxy groups -OCH3 is 1. The number of hydrogen-bond donors (Lipinski definition) is 1. The van der Waals surface area contributed by atoms with Gasteiger partial charge in [-0.25, -0.2) is 4.79 Å². The smallest absolute Gasteiger partial charge is 0.416 e. The summed E-state index contributed by atoms with van der Waals surface area (Å²) in [7, 11) is 1.28. The summed E-state index contributed by atoms with van der Waals surface area (Å²) in [6, 6.07) is 11.4. The molecule has 0 radical (unpaired) electrons. The predicted molar refractivity (Wildman–Crippen MR) is 108 cm³/mol. The Morgan fingerprint density at radius 1 is 1.16 bits per heavy atom. The van der Waals surface area contributed by atoms with Gasteiger partial charge < -0.3 is 19.3 Å². The van der Waals surface area contributed by atoms with Crippen molar-refractivity contribution in [2.75, 3.05) is 20.3 Å². The Labute approximate surface area is 183 Å². The average molecular weight is 451 g/mol. The zero-order valence-electron chi connectivity index (χ0n) is 17.5. The van der Waals surface area contributed by atoms with Gasteiger partial charge in [0.2, 0.25) is 0 Å². The van der Waals surface area contributed by atoms with E-state index in [9.17, 15) is 23.1 Å². The van der Waals surface area contributed by atoms with Gasteiger partial charge in [0.05, 0.1) is 43.6 Å². The van der Waals surface area contributed by atoms with Crippen molar-refractivity contribution in [3.8, 4) is 5.75 Å². The Bertz CT molecular complexity index is 952. The molecule has 0 aromatic heterocycles. The van der Waals surface area contributed by atoms with E-state index in [4.69, 9.17) is 14.2 Å². The van der Waals surface area contributed by atoms with Crippen molar-refractivity contribution in [1.82, 2.24) is 4.90 Å². The van der Waals surface area contributed by atoms with E-state index >= 15 is 0 Å². The van der Waals surface area contributed by atoms with Crippen LogP contribution in [0.1, 0.15) is 29.5 Å². The van der Waals surface area contributed by atoms with Crippen LogP contribution >= 0.6 is 0 Å². The summed E-state index contributed by atoms with van der Waals surface area (Å²) >= 11 is 0. The third-order valence-corrected chi connectivity index (χ3v) is 5.98. The molecule has 2 aromatic rings. The van der Waals surface area contributed by atoms with Crippen LogP contribution in [0.3, 0.4) is 0 Å². The van der Waals surface area contributed by atoms with Gasteiger partial charge in [-0.05, 0) is 29.3 Å². The van der Waals surface area contributed by atoms with Crippen LogP contribution < -0.4 is 4.74 Å². The Morgan fingerprint density at radius 3 is 2.41 bits per heavy atom. The second-order valence-corrected chi connectivity index (χ2v) is 8.18. The summed E-state index contributed by atoms with van der Waals surface area (Å²) in [6.07, 6.45) is -5.07. The lowest BCUT2D eigenvalue weighted by Gasteiger charge is -2.51. The standard InChI is InChI=1S/C23H24F3NO5/c1-30-20-8-16(7-17(9-20)23(24,25)26)22(29)10-18-13-31-14-19(11-22)27(18)21(28)32-12-15-5-3-2-4-6-15/h2-9,18-19,29H,10-14H2,1H3. The molecule has 2 aromatic carbocycles. The highest BCUT2D eigenvalue weighted by Crippen LogP contribution is 2.44. The molecular weight excluding hydrogens is 427 g/mol. The molecule has 2 unspecified atom stereocenters. The summed E-state index contributed by atoms with van der Waals surface area (Å²) in [5.74, 6) is 0.00867. The van der Waals surface area contributed by atoms with Crippen LogP contribution in [-0.2, 0) is 27.9 Å². The minimum atomic E-state index is -4.58. The van der Waals surface area contributed by atoms with Gasteiger partial charge in [-0.15, -0.1) is 0 Å². The van der Waals surface area contributed by atoms with Gasteiger partial charge in [0.25, 0.3) is 0 Å². The van der Waals surface area contributed by atoms with Crippen molar-refractivity contribution in [2.24, 2.45) is 0 Å². The molecular formula is C23H24F3NO5. The van der Waals surface area contributed by atoms with Gasteiger partial charge >= 0.3 is 12.3 Å². The van der Waals surface area contributed by atoms with E-state index in [1.807, 2.05) is 30.3 Å². The minimum Gasteiger partial charge on any atom is -0.497 e. The van der Waals surface area contributed by atoms with Crippen molar-refractivity contribution in [2.45, 2.75) is 43.3 Å². The number of ether oxygens (including phenoxy) is 3. The maximum atomic E-state index is 13.4. The zero-order chi connectivity index (χ0) is 22.9. The van der Waals surface area contributed by atoms with Crippen LogP contribution in [0.25, 0.3) is 0 Å². The summed E-state index contributed by atoms with van der Waals surface area (Å²) in [4.78, 5) is 14.4. The number of carbonyl (C=O) groups is 1. The molecule has 2 heterocycles. The number of fused-ring (bicyclic) bond motifs is 2. The molecule has 9 heteroatoms. The maximum Gasteiger partial charge on any atom is 0.416 e. The van der Waals surface area contributed by atoms with Crippen molar-refractivity contribution in [3.63, 3.8) is 0 Å². The number of benzene rings is 2. The molecule has 172 valence electrons. The van der Waals surface area contributed by atoms with Gasteiger partial charge in [-0.2, -0.15) is 13.2 Å². The molecule has 1 amide bonds. The third kappa shape index (κ3) is 4.54. The highest BCUT2D eigenvalue weighted by Gasteiger charge is 2.50. The average Bonchev–Trinajstić information content (AvgIpc) is 2.76. The monoisotopic (exact) mass is 451 g/mol. The summed E-state index contributed by atoms with van der Waals surface area (Å²) in [5.41, 5.74) is -1.51. The highest BCUT2D eigenvalue weighted by atomic mass is 19.4. The lowest BCUT2D eigenvalue weighted by atomic mass is 9.76. The number of hydrogen-bond acceptors (Lipinski definition) is 5. The first kappa shape index (κ1) is 22.4. The number of rotatable bonds is 4. The second-order valence-electron chi connectivity index (χ2n) is 8.18. The van der Waals surface area contributed by atoms with Crippen LogP contribution in [-0.4, -0.2) is 48.5 Å². The van der Waals surface area contributed by atoms with Gasteiger partial charge in [0.1, 0.15) is 12.4 Å². The van der Waals surface area contributed by atoms with Crippen LogP contribution in [0.2, 0.25) is 0 Å². The molecule has 2 saturated heterocycles. The molecule has 0 spiro atoms. The number of piperidine rings is 1. The number of aliphatic hydroxyl groups is 1. The molecule has 2 fully saturated rings. The van der Waals surface area contributed by atoms with Crippen LogP contribution in [0.5, 0.6) is 5.75 Å². The van der Waals surface area contributed by atoms with Gasteiger partial charge in [0.15, 0.2) is 0 Å². The Hall–Kier alpha value is -2.78. The van der Waals surface area contributed by atoms with E-state index in [1.54, 1.807) is 4.90 Å². The highest BCUT2D eigenvalue weighted by molar-refractivity contribution is 5.69. The fraction of sp³-hybridized carbons (Fsp3) is 0.435. The van der Waals surface area contributed by atoms with E-state index in [1.165, 1.54) is 13.2 Å². The molecule has 4 rings (SSSR count). The van der Waals surface area contributed by atoms with Crippen molar-refractivity contribution in [1.29, 1.82) is 0 Å². The van der Waals surface area contributed by atoms with Gasteiger partial charge in [-0.3, -0.25) is 4.90 Å². The first-order chi connectivity index (χ1) is 15.2. The van der Waals surface area contributed by atoms with E-state index in [-0.39, 0.29) is 44.0 Å². The molecule has 2 atom stereocenters. The molecule has 0 saturated carbocycles. The molecule has 0 aliphatic carbocycles. The second kappa shape index (κ2) is 8.63. The number of halogens is 3. The van der Waals surface area contributed by atoms with Crippen LogP contribution in [0.4, 0.5) is 18.0 Å². The van der Waals surface area contributed by atoms with Crippen molar-refractivity contribution >= 4 is 6.09 Å². The Morgan fingerprint density at radius 2 is 1.81 bits per heavy atom. The van der Waals surface area contributed by atoms with Crippen LogP contribution in [0.15, 0.2) is 48.5 Å². The predicted octanol–water partition coefficient (Wildman–Crippen LogP) is 4.10. The summed E-state index contributed by atoms with van der Waals surface area (Å²) < 4.78 is 56.2. The van der Waals surface area contributed by atoms with Crippen molar-refractivity contribution < 1.29 is 37.3 Å². The lowest BCUT2D eigenvalue weighted by molar-refractivity contribution is -0.140. The quantitative estimate of drug-likeness (QED) is 0.758. The number of nitrogens with zero attached hydrogens (tertiary/aromatic N) is 1. The number of morpholine rings is 1. The number of alkyl halides is 3. The molecule has 1 N–H and O–H groups in total. The van der Waals surface area contributed by atoms with E-state index in [0.717, 1.165) is 17.7 Å². The summed E-state index contributed by atoms with van der Waals surface area (Å²) in [5, 5.41) is 11.4. The minimum absolute atomic E-state index is 0.00867. The number of amides is 1. The van der Waals surface area contributed by atoms with Crippen molar-refractivity contribution in [3.05, 3.63) is 65.2 Å². The first-order valence-electron chi connectivity index (χ1n) is 10.3. The largest absolute Gasteiger partial charge is 0.497 e. The Kier molecular flexibility index (Phi) is 6.05. The maximum absolute atomic E-state index is 13.4. The van der Waals surface area contributed by atoms with Gasteiger partial charge in [-0.1, -0.05) is 30.3 Å². The van der Waals surface area contributed by atoms with Gasteiger partial charge in [0, 0.05) is 12.8 Å². The molecule has 2 aliphatic rings. The Balaban J connectivity index is 1.55. The molecule has 32 heavy (non-hydrogen) atoms. The SMILES string of the molecule is COc1cc(C(F)(F)F)cc(C2(O)CC3COCC(C2)N3C(=O)OCc2ccccc2)c1. The third-order valence-electron chi connectivity index (χ3n) is 5.98. The fourth-order valence-electron chi connectivity index (χ4n) is 4.45. The molecule has 6 nitrogen and oxygen atoms in total. The zero-order valence-corrected chi connectivity index (χ0v) is 17.5. The number of carbonyl (C=O) groups excluding carboxylic acids is 1.